The lowest BCUT2D eigenvalue weighted by Crippen LogP contribution is -2.54. The van der Waals surface area contributed by atoms with Gasteiger partial charge < -0.3 is 9.05 Å². The summed E-state index contributed by atoms with van der Waals surface area (Å²) in [5, 5.41) is 4.39. The maximum absolute atomic E-state index is 7.19. The maximum atomic E-state index is 7.19. The first-order valence-corrected chi connectivity index (χ1v) is 29.1. The highest BCUT2D eigenvalue weighted by atomic mass is 28.4. The number of hydrogen-bond acceptors (Lipinski definition) is 4. The van der Waals surface area contributed by atoms with Crippen molar-refractivity contribution in [3.05, 3.63) is 23.3 Å². The van der Waals surface area contributed by atoms with Crippen LogP contribution in [0.25, 0.3) is 0 Å². The van der Waals surface area contributed by atoms with E-state index in [1.54, 1.807) is 0 Å². The molecule has 44 heavy (non-hydrogen) atoms. The summed E-state index contributed by atoms with van der Waals surface area (Å²) < 4.78 is 14.4. The summed E-state index contributed by atoms with van der Waals surface area (Å²) in [5.74, 6) is 7.29. The molecule has 0 aliphatic carbocycles. The van der Waals surface area contributed by atoms with Crippen LogP contribution in [0.3, 0.4) is 0 Å². The van der Waals surface area contributed by atoms with Crippen LogP contribution >= 0.6 is 0 Å². The van der Waals surface area contributed by atoms with Gasteiger partial charge in [-0.15, -0.1) is 11.1 Å². The molecule has 1 aromatic rings. The predicted molar refractivity (Wildman–Crippen MR) is 208 cm³/mol. The molecule has 0 amide bonds. The van der Waals surface area contributed by atoms with E-state index in [9.17, 15) is 0 Å². The van der Waals surface area contributed by atoms with Gasteiger partial charge in [-0.2, -0.15) is 0 Å². The van der Waals surface area contributed by atoms with Gasteiger partial charge in [-0.3, -0.25) is 10.1 Å². The van der Waals surface area contributed by atoms with Crippen molar-refractivity contribution in [3.63, 3.8) is 0 Å². The van der Waals surface area contributed by atoms with Crippen molar-refractivity contribution < 1.29 is 9.05 Å². The zero-order valence-electron chi connectivity index (χ0n) is 32.9. The van der Waals surface area contributed by atoms with Gasteiger partial charge in [-0.1, -0.05) is 92.7 Å². The van der Waals surface area contributed by atoms with E-state index in [2.05, 4.69) is 194 Å². The molecule has 4 nitrogen and oxygen atoms in total. The van der Waals surface area contributed by atoms with Crippen molar-refractivity contribution in [3.8, 4) is 22.9 Å². The van der Waals surface area contributed by atoms with Crippen molar-refractivity contribution in [1.82, 2.24) is 0 Å². The molecule has 1 rings (SSSR count). The zero-order chi connectivity index (χ0) is 35.1. The maximum Gasteiger partial charge on any atom is 0.228 e. The lowest BCUT2D eigenvalue weighted by atomic mass is 10.0. The lowest BCUT2D eigenvalue weighted by Gasteiger charge is -2.48. The highest BCUT2D eigenvalue weighted by Crippen LogP contribution is 2.44. The van der Waals surface area contributed by atoms with E-state index in [1.165, 1.54) is 0 Å². The summed E-state index contributed by atoms with van der Waals surface area (Å²) in [6.07, 6.45) is 0. The van der Waals surface area contributed by atoms with Gasteiger partial charge in [0.15, 0.2) is 0 Å². The Morgan fingerprint density at radius 3 is 0.955 bits per heavy atom. The SMILES string of the molecule is CC(C)(C)N(O[Si](C)(C)C(C)(C)C)c1cc(N(O[Si](C)(C)C(C)(C)C)C(C)(C)C)c(C#C[Si](C)(C)C)cc1C#C[Si](C)(C)C. The molecular formula is C36H68N2O2Si4. The number of nitrogens with zero attached hydrogens (tertiary/aromatic N) is 2. The molecular weight excluding hydrogens is 605 g/mol. The van der Waals surface area contributed by atoms with Crippen molar-refractivity contribution in [2.75, 3.05) is 10.1 Å². The van der Waals surface area contributed by atoms with Crippen LogP contribution in [0, 0.1) is 22.9 Å². The first kappa shape index (κ1) is 40.8. The molecule has 0 unspecified atom stereocenters. The van der Waals surface area contributed by atoms with Crippen LogP contribution in [0.2, 0.25) is 75.5 Å². The van der Waals surface area contributed by atoms with Gasteiger partial charge in [0, 0.05) is 0 Å². The number of hydrogen-bond donors (Lipinski definition) is 0. The summed E-state index contributed by atoms with van der Waals surface area (Å²) in [5.41, 5.74) is 10.6. The van der Waals surface area contributed by atoms with Gasteiger partial charge in [-0.25, -0.2) is 0 Å². The van der Waals surface area contributed by atoms with Gasteiger partial charge in [0.2, 0.25) is 16.6 Å². The monoisotopic (exact) mass is 672 g/mol. The molecule has 0 N–H and O–H groups in total. The molecule has 0 radical (unpaired) electrons. The first-order valence-electron chi connectivity index (χ1n) is 16.3. The van der Waals surface area contributed by atoms with Gasteiger partial charge in [0.1, 0.15) is 16.1 Å². The quantitative estimate of drug-likeness (QED) is 0.171. The van der Waals surface area contributed by atoms with Crippen molar-refractivity contribution in [2.45, 2.75) is 170 Å². The first-order chi connectivity index (χ1) is 19.1. The molecule has 0 aliphatic rings. The van der Waals surface area contributed by atoms with Crippen molar-refractivity contribution >= 4 is 44.2 Å². The average Bonchev–Trinajstić information content (AvgIpc) is 2.74. The summed E-state index contributed by atoms with van der Waals surface area (Å²) in [6.45, 7) is 50.1. The molecule has 0 aliphatic heterocycles. The molecule has 0 saturated carbocycles. The Balaban J connectivity index is 4.45. The molecule has 0 fully saturated rings. The number of hydroxylamine groups is 2. The Morgan fingerprint density at radius 2 is 0.750 bits per heavy atom. The second kappa shape index (κ2) is 13.1. The predicted octanol–water partition coefficient (Wildman–Crippen LogP) is 11.2. The fourth-order valence-electron chi connectivity index (χ4n) is 3.45. The Hall–Kier alpha value is -1.27. The molecule has 0 aromatic heterocycles. The van der Waals surface area contributed by atoms with E-state index in [-0.39, 0.29) is 21.2 Å². The van der Waals surface area contributed by atoms with Crippen LogP contribution in [0.1, 0.15) is 94.2 Å². The Morgan fingerprint density at radius 1 is 0.477 bits per heavy atom. The number of rotatable bonds is 6. The fourth-order valence-corrected chi connectivity index (χ4v) is 6.67. The largest absolute Gasteiger partial charge is 0.319 e. The standard InChI is InChI=1S/C36H68N2O2Si4/c1-33(2,3)37(39-43(19,20)35(7,8)9)31-28-32(38(34(4,5)6)40-44(21,22)36(10,11)12)30(24-26-42(16,17)18)27-29(31)23-25-41(13,14)15/h27-28H,1-22H3. The second-order valence-electron chi connectivity index (χ2n) is 19.5. The minimum atomic E-state index is -2.22. The number of anilines is 2. The second-order valence-corrected chi connectivity index (χ2v) is 38.4. The zero-order valence-corrected chi connectivity index (χ0v) is 36.9. The molecule has 0 saturated heterocycles. The summed E-state index contributed by atoms with van der Waals surface area (Å²) >= 11 is 0. The fraction of sp³-hybridized carbons (Fsp3) is 0.722. The highest BCUT2D eigenvalue weighted by molar-refractivity contribution is 6.84. The Bertz CT molecular complexity index is 1190. The normalized spacial score (nSPS) is 14.0. The van der Waals surface area contributed by atoms with Crippen LogP contribution in [0.15, 0.2) is 12.1 Å². The molecule has 0 bridgehead atoms. The minimum Gasteiger partial charge on any atom is -0.319 e. The van der Waals surface area contributed by atoms with Gasteiger partial charge in [-0.05, 0) is 89.9 Å². The van der Waals surface area contributed by atoms with Crippen LogP contribution < -0.4 is 10.1 Å². The smallest absolute Gasteiger partial charge is 0.228 e. The Kier molecular flexibility index (Phi) is 12.1. The van der Waals surface area contributed by atoms with Crippen LogP contribution in [-0.4, -0.2) is 43.9 Å². The van der Waals surface area contributed by atoms with E-state index in [1.807, 2.05) is 0 Å². The lowest BCUT2D eigenvalue weighted by molar-refractivity contribution is 0.181. The third kappa shape index (κ3) is 11.5. The molecule has 0 spiro atoms. The molecule has 0 heterocycles. The average molecular weight is 673 g/mol. The summed E-state index contributed by atoms with van der Waals surface area (Å²) in [6, 6.07) is 4.48. The van der Waals surface area contributed by atoms with Crippen LogP contribution in [-0.2, 0) is 9.05 Å². The third-order valence-electron chi connectivity index (χ3n) is 8.17. The van der Waals surface area contributed by atoms with E-state index in [0.717, 1.165) is 22.5 Å². The molecule has 0 atom stereocenters. The minimum absolute atomic E-state index is 0.0368. The highest BCUT2D eigenvalue weighted by Gasteiger charge is 2.44. The summed E-state index contributed by atoms with van der Waals surface area (Å²) in [4.78, 5) is 0. The number of benzene rings is 1. The van der Waals surface area contributed by atoms with Gasteiger partial charge in [0.25, 0.3) is 0 Å². The van der Waals surface area contributed by atoms with E-state index < -0.39 is 32.8 Å². The topological polar surface area (TPSA) is 24.9 Å². The van der Waals surface area contributed by atoms with Gasteiger partial charge in [0.05, 0.1) is 33.6 Å². The van der Waals surface area contributed by atoms with Gasteiger partial charge >= 0.3 is 0 Å². The van der Waals surface area contributed by atoms with Crippen molar-refractivity contribution in [1.29, 1.82) is 0 Å². The molecule has 1 aromatic carbocycles. The van der Waals surface area contributed by atoms with E-state index in [0.29, 0.717) is 0 Å². The van der Waals surface area contributed by atoms with Crippen LogP contribution in [0.4, 0.5) is 11.4 Å². The van der Waals surface area contributed by atoms with Crippen LogP contribution in [0.5, 0.6) is 0 Å². The molecule has 250 valence electrons. The molecule has 8 heteroatoms. The van der Waals surface area contributed by atoms with E-state index >= 15 is 0 Å². The third-order valence-corrected chi connectivity index (χ3v) is 18.4. The van der Waals surface area contributed by atoms with Crippen molar-refractivity contribution in [2.24, 2.45) is 0 Å². The van der Waals surface area contributed by atoms with E-state index in [4.69, 9.17) is 9.05 Å². The summed E-state index contributed by atoms with van der Waals surface area (Å²) in [7, 11) is -7.78. The Labute approximate surface area is 278 Å².